The number of nitrogens with one attached hydrogen (secondary N) is 3. The first-order chi connectivity index (χ1) is 19.6. The molecule has 0 radical (unpaired) electrons. The Bertz CT molecular complexity index is 1630. The Labute approximate surface area is 233 Å². The number of nitrogens with zero attached hydrogens (tertiary/aromatic N) is 4. The summed E-state index contributed by atoms with van der Waals surface area (Å²) < 4.78 is 0. The number of piperidine rings is 1. The Kier molecular flexibility index (Phi) is 6.34. The molecular formula is C31H34N8O. The van der Waals surface area contributed by atoms with Gasteiger partial charge in [-0.2, -0.15) is 5.10 Å². The van der Waals surface area contributed by atoms with Crippen LogP contribution >= 0.6 is 0 Å². The van der Waals surface area contributed by atoms with Gasteiger partial charge >= 0.3 is 0 Å². The van der Waals surface area contributed by atoms with E-state index in [0.717, 1.165) is 78.1 Å². The molecule has 5 N–H and O–H groups in total. The minimum Gasteiger partial charge on any atom is -0.402 e. The van der Waals surface area contributed by atoms with E-state index in [9.17, 15) is 4.79 Å². The summed E-state index contributed by atoms with van der Waals surface area (Å²) in [6.07, 6.45) is 18.1. The van der Waals surface area contributed by atoms with Crippen LogP contribution in [0.15, 0.2) is 54.6 Å². The number of carbonyl (C=O) groups is 1. The molecule has 2 aliphatic carbocycles. The first-order valence-corrected chi connectivity index (χ1v) is 14.4. The number of fused-ring (bicyclic) bond motifs is 2. The van der Waals surface area contributed by atoms with Gasteiger partial charge in [0.2, 0.25) is 5.91 Å². The van der Waals surface area contributed by atoms with Gasteiger partial charge in [0.05, 0.1) is 23.3 Å². The third-order valence-corrected chi connectivity index (χ3v) is 8.45. The number of H-pyrrole nitrogens is 2. The van der Waals surface area contributed by atoms with Gasteiger partial charge < -0.3 is 20.9 Å². The summed E-state index contributed by atoms with van der Waals surface area (Å²) in [5, 5.41) is 11.7. The SMILES string of the molecule is NC1=CC=C(N2CCCCC2)c2cc(-c3[nH]nc4ncc(-c5cncc(NC(=O)C6CCCC6)c5)cc34)[nH]c2C1. The second-order valence-electron chi connectivity index (χ2n) is 11.2. The fourth-order valence-corrected chi connectivity index (χ4v) is 6.31. The fraction of sp³-hybridized carbons (Fsp3) is 0.355. The average molecular weight is 535 g/mol. The Morgan fingerprint density at radius 3 is 2.65 bits per heavy atom. The van der Waals surface area contributed by atoms with E-state index in [1.54, 1.807) is 18.6 Å². The van der Waals surface area contributed by atoms with Crippen molar-refractivity contribution in [1.29, 1.82) is 0 Å². The highest BCUT2D eigenvalue weighted by atomic mass is 16.1. The molecule has 0 aromatic carbocycles. The van der Waals surface area contributed by atoms with Crippen LogP contribution in [0, 0.1) is 5.92 Å². The monoisotopic (exact) mass is 534 g/mol. The lowest BCUT2D eigenvalue weighted by Gasteiger charge is -2.31. The van der Waals surface area contributed by atoms with E-state index in [2.05, 4.69) is 53.6 Å². The second kappa shape index (κ2) is 10.3. The summed E-state index contributed by atoms with van der Waals surface area (Å²) in [7, 11) is 0. The number of rotatable bonds is 5. The summed E-state index contributed by atoms with van der Waals surface area (Å²) in [5.74, 6) is 0.185. The van der Waals surface area contributed by atoms with E-state index < -0.39 is 0 Å². The number of pyridine rings is 2. The van der Waals surface area contributed by atoms with Crippen molar-refractivity contribution in [3.63, 3.8) is 0 Å². The minimum atomic E-state index is 0.0853. The van der Waals surface area contributed by atoms with Crippen LogP contribution in [0.5, 0.6) is 0 Å². The number of likely N-dealkylation sites (tertiary alicyclic amines) is 1. The smallest absolute Gasteiger partial charge is 0.227 e. The van der Waals surface area contributed by atoms with Crippen LogP contribution in [0.3, 0.4) is 0 Å². The number of carbonyl (C=O) groups excluding carboxylic acids is 1. The molecule has 0 unspecified atom stereocenters. The molecule has 1 saturated carbocycles. The van der Waals surface area contributed by atoms with Crippen LogP contribution in [-0.4, -0.2) is 49.0 Å². The predicted octanol–water partition coefficient (Wildman–Crippen LogP) is 5.37. The van der Waals surface area contributed by atoms with Crippen molar-refractivity contribution in [2.75, 3.05) is 18.4 Å². The number of amides is 1. The summed E-state index contributed by atoms with van der Waals surface area (Å²) in [6.45, 7) is 2.13. The van der Waals surface area contributed by atoms with Crippen LogP contribution in [0.2, 0.25) is 0 Å². The molecule has 1 saturated heterocycles. The van der Waals surface area contributed by atoms with Gasteiger partial charge in [0.1, 0.15) is 0 Å². The highest BCUT2D eigenvalue weighted by Crippen LogP contribution is 2.35. The normalized spacial score (nSPS) is 17.9. The lowest BCUT2D eigenvalue weighted by Crippen LogP contribution is -2.28. The Morgan fingerprint density at radius 2 is 1.80 bits per heavy atom. The van der Waals surface area contributed by atoms with Gasteiger partial charge in [0.25, 0.3) is 0 Å². The second-order valence-corrected chi connectivity index (χ2v) is 11.2. The first-order valence-electron chi connectivity index (χ1n) is 14.4. The summed E-state index contributed by atoms with van der Waals surface area (Å²) >= 11 is 0. The van der Waals surface area contributed by atoms with Crippen LogP contribution in [-0.2, 0) is 11.2 Å². The van der Waals surface area contributed by atoms with E-state index >= 15 is 0 Å². The number of hydrogen-bond donors (Lipinski definition) is 4. The number of anilines is 1. The van der Waals surface area contributed by atoms with E-state index in [1.807, 2.05) is 12.1 Å². The zero-order valence-electron chi connectivity index (χ0n) is 22.5. The van der Waals surface area contributed by atoms with Gasteiger partial charge in [-0.3, -0.25) is 14.9 Å². The maximum absolute atomic E-state index is 12.7. The largest absolute Gasteiger partial charge is 0.402 e. The van der Waals surface area contributed by atoms with Crippen molar-refractivity contribution in [2.24, 2.45) is 11.7 Å². The third-order valence-electron chi connectivity index (χ3n) is 8.45. The molecule has 1 amide bonds. The molecule has 3 aliphatic rings. The molecule has 0 spiro atoms. The minimum absolute atomic E-state index is 0.0853. The lowest BCUT2D eigenvalue weighted by molar-refractivity contribution is -0.119. The highest BCUT2D eigenvalue weighted by Gasteiger charge is 2.24. The fourth-order valence-electron chi connectivity index (χ4n) is 6.31. The van der Waals surface area contributed by atoms with E-state index in [-0.39, 0.29) is 11.8 Å². The quantitative estimate of drug-likeness (QED) is 0.273. The van der Waals surface area contributed by atoms with Crippen molar-refractivity contribution < 1.29 is 4.79 Å². The van der Waals surface area contributed by atoms with Crippen molar-refractivity contribution >= 4 is 28.3 Å². The molecule has 0 atom stereocenters. The Balaban J connectivity index is 1.21. The predicted molar refractivity (Wildman–Crippen MR) is 157 cm³/mol. The van der Waals surface area contributed by atoms with Crippen LogP contribution in [0.25, 0.3) is 39.2 Å². The molecule has 5 heterocycles. The average Bonchev–Trinajstić information content (AvgIpc) is 3.73. The molecule has 1 aliphatic heterocycles. The number of allylic oxidation sites excluding steroid dienone is 3. The van der Waals surface area contributed by atoms with E-state index in [1.165, 1.54) is 30.5 Å². The van der Waals surface area contributed by atoms with Gasteiger partial charge in [0, 0.05) is 77.0 Å². The summed E-state index contributed by atoms with van der Waals surface area (Å²) in [5.41, 5.74) is 15.7. The first kappa shape index (κ1) is 24.6. The van der Waals surface area contributed by atoms with Gasteiger partial charge in [0.15, 0.2) is 5.65 Å². The molecule has 9 heteroatoms. The maximum atomic E-state index is 12.7. The summed E-state index contributed by atoms with van der Waals surface area (Å²) in [6, 6.07) is 6.26. The number of hydrogen-bond acceptors (Lipinski definition) is 6. The maximum Gasteiger partial charge on any atom is 0.227 e. The number of nitrogens with two attached hydrogens (primary N) is 1. The van der Waals surface area contributed by atoms with Crippen molar-refractivity contribution in [3.8, 4) is 22.5 Å². The zero-order valence-corrected chi connectivity index (χ0v) is 22.5. The Hall–Kier alpha value is -4.40. The van der Waals surface area contributed by atoms with Crippen LogP contribution in [0.1, 0.15) is 56.2 Å². The molecule has 2 fully saturated rings. The molecule has 9 nitrogen and oxygen atoms in total. The molecule has 0 bridgehead atoms. The van der Waals surface area contributed by atoms with Crippen molar-refractivity contribution in [1.82, 2.24) is 30.0 Å². The van der Waals surface area contributed by atoms with Gasteiger partial charge in [-0.15, -0.1) is 0 Å². The Morgan fingerprint density at radius 1 is 0.975 bits per heavy atom. The van der Waals surface area contributed by atoms with E-state index in [0.29, 0.717) is 17.8 Å². The van der Waals surface area contributed by atoms with Crippen molar-refractivity contribution in [2.45, 2.75) is 51.4 Å². The summed E-state index contributed by atoms with van der Waals surface area (Å²) in [4.78, 5) is 27.8. The number of aromatic amines is 2. The molecule has 204 valence electrons. The molecule has 40 heavy (non-hydrogen) atoms. The van der Waals surface area contributed by atoms with E-state index in [4.69, 9.17) is 5.73 Å². The van der Waals surface area contributed by atoms with Gasteiger partial charge in [-0.1, -0.05) is 12.8 Å². The molecule has 7 rings (SSSR count). The van der Waals surface area contributed by atoms with Gasteiger partial charge in [-0.05, 0) is 62.5 Å². The number of aromatic nitrogens is 5. The molecule has 4 aromatic rings. The topological polar surface area (TPSA) is 129 Å². The molecule has 4 aromatic heterocycles. The third kappa shape index (κ3) is 4.65. The van der Waals surface area contributed by atoms with Crippen LogP contribution in [0.4, 0.5) is 5.69 Å². The van der Waals surface area contributed by atoms with Crippen LogP contribution < -0.4 is 11.1 Å². The lowest BCUT2D eigenvalue weighted by atomic mass is 10.0. The van der Waals surface area contributed by atoms with Gasteiger partial charge in [-0.25, -0.2) is 4.98 Å². The zero-order chi connectivity index (χ0) is 27.1. The standard InChI is InChI=1S/C31H34N8O/c32-22-8-9-28(39-10-4-1-5-11-39)24-15-27(36-26(24)14-22)29-25-13-21(17-34-30(25)38-37-29)20-12-23(18-33-16-20)35-31(40)19-6-2-3-7-19/h8-9,12-13,15-19,36H,1-7,10-11,14,32H2,(H,35,40)(H,34,37,38). The molecular weight excluding hydrogens is 500 g/mol. The van der Waals surface area contributed by atoms with Crippen molar-refractivity contribution in [3.05, 3.63) is 65.9 Å². The highest BCUT2D eigenvalue weighted by molar-refractivity contribution is 5.95.